The molecule has 0 aliphatic heterocycles. The van der Waals surface area contributed by atoms with Gasteiger partial charge in [0.25, 0.3) is 0 Å². The Labute approximate surface area is 113 Å². The van der Waals surface area contributed by atoms with E-state index in [1.165, 1.54) is 0 Å². The van der Waals surface area contributed by atoms with Gasteiger partial charge in [-0.25, -0.2) is 0 Å². The van der Waals surface area contributed by atoms with E-state index in [1.807, 2.05) is 0 Å². The smallest absolute Gasteiger partial charge is 0.447 e. The third kappa shape index (κ3) is 13.8. The average Bonchev–Trinajstić information content (AvgIpc) is 1.85. The molecule has 0 atom stereocenters. The molecule has 0 radical (unpaired) electrons. The second kappa shape index (κ2) is 8.77. The second-order valence-corrected chi connectivity index (χ2v) is 2.22. The van der Waals surface area contributed by atoms with Gasteiger partial charge in [0.15, 0.2) is 0 Å². The molecule has 12 heavy (non-hydrogen) atoms. The van der Waals surface area contributed by atoms with Crippen molar-refractivity contribution in [3.8, 4) is 0 Å². The van der Waals surface area contributed by atoms with Crippen molar-refractivity contribution in [1.29, 1.82) is 0 Å². The van der Waals surface area contributed by atoms with Gasteiger partial charge in [-0.15, -0.1) is 6.58 Å². The number of halogens is 3. The summed E-state index contributed by atoms with van der Waals surface area (Å²) in [5.74, 6) is 0. The van der Waals surface area contributed by atoms with Crippen molar-refractivity contribution in [3.63, 3.8) is 0 Å². The van der Waals surface area contributed by atoms with E-state index in [-0.39, 0.29) is 58.0 Å². The van der Waals surface area contributed by atoms with Gasteiger partial charge in [-0.05, 0) is 12.8 Å². The van der Waals surface area contributed by atoms with E-state index in [0.717, 1.165) is 0 Å². The Morgan fingerprint density at radius 3 is 2.33 bits per heavy atom. The van der Waals surface area contributed by atoms with E-state index in [1.54, 1.807) is 6.08 Å². The summed E-state index contributed by atoms with van der Waals surface area (Å²) in [5.41, 5.74) is 0. The van der Waals surface area contributed by atoms with Crippen LogP contribution in [0, 0.1) is 0 Å². The van der Waals surface area contributed by atoms with Gasteiger partial charge in [-0.2, -0.15) is 0 Å². The first-order valence-corrected chi connectivity index (χ1v) is 3.46. The zero-order valence-corrected chi connectivity index (χ0v) is 10.4. The van der Waals surface area contributed by atoms with E-state index in [9.17, 15) is 12.9 Å². The number of rotatable bonds is 6. The standard InChI is InChI=1S/C6H11BF3O.K/c1-2-3-4-5-11-6-7(8,9)10;/h2H,1,3-6H2;/q-1;+1. The molecule has 0 unspecified atom stereocenters. The zero-order valence-electron chi connectivity index (χ0n) is 7.23. The molecular weight excluding hydrogens is 195 g/mol. The van der Waals surface area contributed by atoms with Crippen LogP contribution in [0.3, 0.4) is 0 Å². The number of hydrogen-bond acceptors (Lipinski definition) is 1. The van der Waals surface area contributed by atoms with Crippen molar-refractivity contribution in [2.24, 2.45) is 0 Å². The zero-order chi connectivity index (χ0) is 8.74. The largest absolute Gasteiger partial charge is 1.00 e. The van der Waals surface area contributed by atoms with Gasteiger partial charge in [-0.3, -0.25) is 0 Å². The van der Waals surface area contributed by atoms with Crippen LogP contribution in [0.4, 0.5) is 12.9 Å². The topological polar surface area (TPSA) is 9.23 Å². The number of unbranched alkanes of at least 4 members (excludes halogenated alkanes) is 1. The quantitative estimate of drug-likeness (QED) is 0.319. The summed E-state index contributed by atoms with van der Waals surface area (Å²) in [6.07, 6.45) is 2.96. The third-order valence-electron chi connectivity index (χ3n) is 1.00. The van der Waals surface area contributed by atoms with E-state index < -0.39 is 13.5 Å². The Morgan fingerprint density at radius 1 is 1.33 bits per heavy atom. The molecule has 0 amide bonds. The van der Waals surface area contributed by atoms with Crippen LogP contribution in [0.2, 0.25) is 0 Å². The summed E-state index contributed by atoms with van der Waals surface area (Å²) in [5, 5.41) is 0. The first-order chi connectivity index (χ1) is 5.06. The van der Waals surface area contributed by atoms with Crippen LogP contribution in [-0.4, -0.2) is 20.1 Å². The molecule has 1 nitrogen and oxygen atoms in total. The first-order valence-electron chi connectivity index (χ1n) is 3.46. The molecule has 0 heterocycles. The van der Waals surface area contributed by atoms with Crippen LogP contribution < -0.4 is 51.4 Å². The summed E-state index contributed by atoms with van der Waals surface area (Å²) in [6.45, 7) is -2.26. The van der Waals surface area contributed by atoms with E-state index in [2.05, 4.69) is 11.3 Å². The molecular formula is C6H11BF3KO. The first kappa shape index (κ1) is 15.7. The predicted octanol–water partition coefficient (Wildman–Crippen LogP) is -0.640. The molecule has 0 aromatic rings. The molecule has 66 valence electrons. The van der Waals surface area contributed by atoms with Gasteiger partial charge in [0, 0.05) is 13.1 Å². The predicted molar refractivity (Wildman–Crippen MR) is 39.3 cm³/mol. The Bertz CT molecular complexity index is 118. The Kier molecular flexibility index (Phi) is 11.4. The van der Waals surface area contributed by atoms with Gasteiger partial charge in [0.2, 0.25) is 0 Å². The van der Waals surface area contributed by atoms with Gasteiger partial charge in [0.1, 0.15) is 0 Å². The molecule has 0 bridgehead atoms. The summed E-state index contributed by atoms with van der Waals surface area (Å²) in [4.78, 5) is 0. The second-order valence-electron chi connectivity index (χ2n) is 2.22. The molecule has 0 aromatic carbocycles. The maximum atomic E-state index is 11.5. The Hall–Kier alpha value is 1.19. The van der Waals surface area contributed by atoms with Gasteiger partial charge < -0.3 is 17.7 Å². The minimum atomic E-state index is -4.77. The van der Waals surface area contributed by atoms with Crippen molar-refractivity contribution in [3.05, 3.63) is 12.7 Å². The van der Waals surface area contributed by atoms with Crippen molar-refractivity contribution in [2.45, 2.75) is 12.8 Å². The molecule has 0 spiro atoms. The van der Waals surface area contributed by atoms with Crippen LogP contribution in [-0.2, 0) is 4.74 Å². The van der Waals surface area contributed by atoms with Crippen molar-refractivity contribution >= 4 is 6.98 Å². The minimum absolute atomic E-state index is 0. The number of hydrogen-bond donors (Lipinski definition) is 0. The fourth-order valence-electron chi connectivity index (χ4n) is 0.547. The van der Waals surface area contributed by atoms with Crippen LogP contribution >= 0.6 is 0 Å². The number of allylic oxidation sites excluding steroid dienone is 1. The van der Waals surface area contributed by atoms with Crippen molar-refractivity contribution in [2.75, 3.05) is 13.1 Å². The summed E-state index contributed by atoms with van der Waals surface area (Å²) < 4.78 is 38.8. The molecule has 6 heteroatoms. The summed E-state index contributed by atoms with van der Waals surface area (Å²) in [6, 6.07) is 0. The minimum Gasteiger partial charge on any atom is -0.447 e. The SMILES string of the molecule is C=CCCCOC[B-](F)(F)F.[K+]. The van der Waals surface area contributed by atoms with Crippen LogP contribution in [0.1, 0.15) is 12.8 Å². The monoisotopic (exact) mass is 206 g/mol. The Morgan fingerprint density at radius 2 is 1.92 bits per heavy atom. The molecule has 0 aromatic heterocycles. The van der Waals surface area contributed by atoms with Gasteiger partial charge in [0.05, 0.1) is 0 Å². The van der Waals surface area contributed by atoms with E-state index in [0.29, 0.717) is 12.8 Å². The fourth-order valence-corrected chi connectivity index (χ4v) is 0.547. The fraction of sp³-hybridized carbons (Fsp3) is 0.667. The van der Waals surface area contributed by atoms with E-state index in [4.69, 9.17) is 0 Å². The molecule has 0 saturated carbocycles. The maximum absolute atomic E-state index is 11.5. The van der Waals surface area contributed by atoms with Crippen LogP contribution in [0.5, 0.6) is 0 Å². The average molecular weight is 206 g/mol. The molecule has 0 saturated heterocycles. The van der Waals surface area contributed by atoms with Crippen LogP contribution in [0.15, 0.2) is 12.7 Å². The number of ether oxygens (including phenoxy) is 1. The molecule has 0 N–H and O–H groups in total. The van der Waals surface area contributed by atoms with Crippen molar-refractivity contribution in [1.82, 2.24) is 0 Å². The van der Waals surface area contributed by atoms with Crippen LogP contribution in [0.25, 0.3) is 0 Å². The summed E-state index contributed by atoms with van der Waals surface area (Å²) >= 11 is 0. The normalized spacial score (nSPS) is 10.6. The third-order valence-corrected chi connectivity index (χ3v) is 1.00. The molecule has 0 aliphatic carbocycles. The summed E-state index contributed by atoms with van der Waals surface area (Å²) in [7, 11) is 0. The molecule has 0 aliphatic rings. The van der Waals surface area contributed by atoms with Gasteiger partial charge >= 0.3 is 58.4 Å². The van der Waals surface area contributed by atoms with E-state index >= 15 is 0 Å². The molecule has 0 fully saturated rings. The van der Waals surface area contributed by atoms with Crippen molar-refractivity contribution < 1.29 is 69.1 Å². The van der Waals surface area contributed by atoms with Gasteiger partial charge in [-0.1, -0.05) is 6.08 Å². The maximum Gasteiger partial charge on any atom is 1.00 e. The molecule has 0 rings (SSSR count). The Balaban J connectivity index is 0.